The summed E-state index contributed by atoms with van der Waals surface area (Å²) in [5.74, 6) is -0.870. The zero-order valence-electron chi connectivity index (χ0n) is 26.2. The van der Waals surface area contributed by atoms with Crippen molar-refractivity contribution in [1.29, 1.82) is 0 Å². The lowest BCUT2D eigenvalue weighted by molar-refractivity contribution is -0.264. The topological polar surface area (TPSA) is 182 Å². The van der Waals surface area contributed by atoms with Gasteiger partial charge in [-0.3, -0.25) is 9.59 Å². The maximum atomic E-state index is 13.3. The van der Waals surface area contributed by atoms with Gasteiger partial charge < -0.3 is 50.6 Å². The molecule has 2 amide bonds. The first-order valence-electron chi connectivity index (χ1n) is 14.2. The molecule has 0 saturated carbocycles. The molecule has 0 heterocycles. The summed E-state index contributed by atoms with van der Waals surface area (Å²) in [6, 6.07) is -1.04. The number of nitrogens with one attached hydrogen (secondary N) is 2. The zero-order valence-corrected chi connectivity index (χ0v) is 26.2. The normalized spacial score (nSPS) is 19.2. The van der Waals surface area contributed by atoms with Gasteiger partial charge in [0.15, 0.2) is 6.29 Å². The van der Waals surface area contributed by atoms with Crippen LogP contribution >= 0.6 is 0 Å². The minimum Gasteiger partial charge on any atom is -0.394 e. The first kappa shape index (κ1) is 38.6. The minimum atomic E-state index is -1.43. The molecule has 0 bridgehead atoms. The van der Waals surface area contributed by atoms with E-state index < -0.39 is 54.9 Å². The van der Waals surface area contributed by atoms with Gasteiger partial charge in [0.25, 0.3) is 0 Å². The van der Waals surface area contributed by atoms with Crippen molar-refractivity contribution in [3.63, 3.8) is 0 Å². The van der Waals surface area contributed by atoms with E-state index in [1.54, 1.807) is 20.8 Å². The standard InChI is InChI=1S/C28H57N3O9/c1-11-22(12-19(5)38-16-18(4)15-37-17(2)3)25(36)31-28(10,29)27(8,9)40-26(23(13-32)30-21(7)35)39-24(14-33)20(6)34/h17-20,22-24,26,32-34H,11-16,29H2,1-10H3,(H,30,35)(H,31,36)/t18?,19?,20-,22?,23+,24?,26?,28?/m1/s1. The maximum Gasteiger partial charge on any atom is 0.224 e. The Balaban J connectivity index is 5.51. The highest BCUT2D eigenvalue weighted by Gasteiger charge is 2.45. The second kappa shape index (κ2) is 18.2. The fourth-order valence-electron chi connectivity index (χ4n) is 3.73. The molecule has 0 aromatic rings. The van der Waals surface area contributed by atoms with Crippen molar-refractivity contribution < 1.29 is 43.9 Å². The first-order chi connectivity index (χ1) is 18.4. The molecule has 0 saturated heterocycles. The van der Waals surface area contributed by atoms with Gasteiger partial charge in [0, 0.05) is 18.8 Å². The van der Waals surface area contributed by atoms with Crippen LogP contribution in [0.15, 0.2) is 0 Å². The second-order valence-electron chi connectivity index (χ2n) is 11.7. The molecule has 0 spiro atoms. The average Bonchev–Trinajstić information content (AvgIpc) is 2.84. The molecule has 0 aromatic heterocycles. The van der Waals surface area contributed by atoms with Crippen molar-refractivity contribution in [1.82, 2.24) is 10.6 Å². The van der Waals surface area contributed by atoms with E-state index in [0.29, 0.717) is 26.1 Å². The number of amides is 2. The van der Waals surface area contributed by atoms with Gasteiger partial charge in [-0.25, -0.2) is 0 Å². The van der Waals surface area contributed by atoms with Gasteiger partial charge >= 0.3 is 0 Å². The second-order valence-corrected chi connectivity index (χ2v) is 11.7. The van der Waals surface area contributed by atoms with Gasteiger partial charge in [-0.1, -0.05) is 13.8 Å². The van der Waals surface area contributed by atoms with Crippen molar-refractivity contribution in [3.8, 4) is 0 Å². The fraction of sp³-hybridized carbons (Fsp3) is 0.929. The Hall–Kier alpha value is -1.38. The van der Waals surface area contributed by atoms with Crippen molar-refractivity contribution in [2.45, 2.75) is 130 Å². The summed E-state index contributed by atoms with van der Waals surface area (Å²) in [4.78, 5) is 25.0. The smallest absolute Gasteiger partial charge is 0.224 e. The lowest BCUT2D eigenvalue weighted by Crippen LogP contribution is -2.69. The maximum absolute atomic E-state index is 13.3. The number of nitrogens with two attached hydrogens (primary N) is 1. The summed E-state index contributed by atoms with van der Waals surface area (Å²) >= 11 is 0. The number of rotatable bonds is 21. The summed E-state index contributed by atoms with van der Waals surface area (Å²) in [6.07, 6.45) is -2.40. The Bertz CT molecular complexity index is 734. The highest BCUT2D eigenvalue weighted by Crippen LogP contribution is 2.27. The Morgan fingerprint density at radius 2 is 1.55 bits per heavy atom. The van der Waals surface area contributed by atoms with E-state index in [4.69, 9.17) is 24.7 Å². The molecule has 0 aliphatic carbocycles. The van der Waals surface area contributed by atoms with E-state index in [1.807, 2.05) is 27.7 Å². The predicted molar refractivity (Wildman–Crippen MR) is 152 cm³/mol. The van der Waals surface area contributed by atoms with Crippen molar-refractivity contribution in [2.75, 3.05) is 26.4 Å². The van der Waals surface area contributed by atoms with E-state index >= 15 is 0 Å². The van der Waals surface area contributed by atoms with Crippen LogP contribution in [-0.4, -0.2) is 102 Å². The van der Waals surface area contributed by atoms with E-state index in [2.05, 4.69) is 17.6 Å². The minimum absolute atomic E-state index is 0.156. The summed E-state index contributed by atoms with van der Waals surface area (Å²) in [5.41, 5.74) is 3.85. The monoisotopic (exact) mass is 579 g/mol. The number of hydrogen-bond acceptors (Lipinski definition) is 10. The molecule has 0 fully saturated rings. The molecule has 0 radical (unpaired) electrons. The summed E-state index contributed by atoms with van der Waals surface area (Å²) in [5, 5.41) is 34.9. The van der Waals surface area contributed by atoms with E-state index in [9.17, 15) is 24.9 Å². The van der Waals surface area contributed by atoms with E-state index in [0.717, 1.165) is 0 Å². The van der Waals surface area contributed by atoms with E-state index in [1.165, 1.54) is 13.8 Å². The Labute approximate surface area is 240 Å². The van der Waals surface area contributed by atoms with Gasteiger partial charge in [-0.15, -0.1) is 0 Å². The molecule has 238 valence electrons. The number of hydrogen-bond donors (Lipinski definition) is 6. The number of carbonyl (C=O) groups excluding carboxylic acids is 2. The third-order valence-electron chi connectivity index (χ3n) is 6.84. The number of aliphatic hydroxyl groups excluding tert-OH is 3. The SMILES string of the molecule is CCC(CC(C)OCC(C)COC(C)C)C(=O)NC(C)(N)C(C)(C)OC(OC(CO)[C@@H](C)O)[C@H](CO)NC(C)=O. The van der Waals surface area contributed by atoms with Crippen LogP contribution in [0.4, 0.5) is 0 Å². The quantitative estimate of drug-likeness (QED) is 0.107. The molecule has 0 rings (SSSR count). The summed E-state index contributed by atoms with van der Waals surface area (Å²) < 4.78 is 23.5. The van der Waals surface area contributed by atoms with Gasteiger partial charge in [-0.05, 0) is 61.3 Å². The predicted octanol–water partition coefficient (Wildman–Crippen LogP) is 1.04. The molecule has 7 N–H and O–H groups in total. The number of ether oxygens (including phenoxy) is 4. The lowest BCUT2D eigenvalue weighted by Gasteiger charge is -2.45. The van der Waals surface area contributed by atoms with Gasteiger partial charge in [0.2, 0.25) is 11.8 Å². The number of carbonyl (C=O) groups is 2. The first-order valence-corrected chi connectivity index (χ1v) is 14.2. The Kier molecular flexibility index (Phi) is 17.6. The molecule has 12 nitrogen and oxygen atoms in total. The highest BCUT2D eigenvalue weighted by atomic mass is 16.7. The van der Waals surface area contributed by atoms with Crippen LogP contribution in [0.5, 0.6) is 0 Å². The third kappa shape index (κ3) is 14.0. The molecule has 0 aliphatic rings. The van der Waals surface area contributed by atoms with Crippen LogP contribution in [0, 0.1) is 11.8 Å². The van der Waals surface area contributed by atoms with Crippen LogP contribution < -0.4 is 16.4 Å². The van der Waals surface area contributed by atoms with Crippen LogP contribution in [0.1, 0.15) is 82.1 Å². The third-order valence-corrected chi connectivity index (χ3v) is 6.84. The van der Waals surface area contributed by atoms with Crippen LogP contribution in [0.3, 0.4) is 0 Å². The van der Waals surface area contributed by atoms with Gasteiger partial charge in [0.1, 0.15) is 23.4 Å². The Morgan fingerprint density at radius 3 is 2.00 bits per heavy atom. The Morgan fingerprint density at radius 1 is 0.975 bits per heavy atom. The molecule has 12 heteroatoms. The van der Waals surface area contributed by atoms with Crippen molar-refractivity contribution in [3.05, 3.63) is 0 Å². The summed E-state index contributed by atoms with van der Waals surface area (Å²) in [7, 11) is 0. The molecule has 6 unspecified atom stereocenters. The average molecular weight is 580 g/mol. The molecule has 0 aliphatic heterocycles. The van der Waals surface area contributed by atoms with Crippen LogP contribution in [0.25, 0.3) is 0 Å². The largest absolute Gasteiger partial charge is 0.394 e. The molecular formula is C28H57N3O9. The van der Waals surface area contributed by atoms with Gasteiger partial charge in [-0.2, -0.15) is 0 Å². The fourth-order valence-corrected chi connectivity index (χ4v) is 3.73. The lowest BCUT2D eigenvalue weighted by atomic mass is 9.90. The van der Waals surface area contributed by atoms with E-state index in [-0.39, 0.29) is 30.0 Å². The molecule has 40 heavy (non-hydrogen) atoms. The summed E-state index contributed by atoms with van der Waals surface area (Å²) in [6.45, 7) is 17.5. The molecule has 8 atom stereocenters. The molecular weight excluding hydrogens is 522 g/mol. The highest BCUT2D eigenvalue weighted by molar-refractivity contribution is 5.79. The number of aliphatic hydroxyl groups is 3. The van der Waals surface area contributed by atoms with Gasteiger partial charge in [0.05, 0.1) is 44.7 Å². The van der Waals surface area contributed by atoms with Crippen LogP contribution in [0.2, 0.25) is 0 Å². The zero-order chi connectivity index (χ0) is 31.3. The van der Waals surface area contributed by atoms with Crippen molar-refractivity contribution in [2.24, 2.45) is 17.6 Å². The van der Waals surface area contributed by atoms with Crippen molar-refractivity contribution >= 4 is 11.8 Å². The molecule has 0 aromatic carbocycles. The van der Waals surface area contributed by atoms with Crippen LogP contribution in [-0.2, 0) is 28.5 Å².